The highest BCUT2D eigenvalue weighted by atomic mass is 16.3. The first-order valence-electron chi connectivity index (χ1n) is 5.90. The Kier molecular flexibility index (Phi) is 2.91. The second kappa shape index (κ2) is 4.01. The maximum absolute atomic E-state index is 11.9. The van der Waals surface area contributed by atoms with Gasteiger partial charge in [0.15, 0.2) is 5.78 Å². The van der Waals surface area contributed by atoms with Crippen molar-refractivity contribution in [1.29, 1.82) is 0 Å². The summed E-state index contributed by atoms with van der Waals surface area (Å²) in [5.41, 5.74) is 0. The average Bonchev–Trinajstić information content (AvgIpc) is 2.99. The van der Waals surface area contributed by atoms with Crippen molar-refractivity contribution in [1.82, 2.24) is 0 Å². The Hall–Kier alpha value is -0.370. The normalized spacial score (nSPS) is 35.3. The van der Waals surface area contributed by atoms with Crippen LogP contribution < -0.4 is 0 Å². The second-order valence-electron chi connectivity index (χ2n) is 5.15. The summed E-state index contributed by atoms with van der Waals surface area (Å²) in [6.07, 6.45) is 5.89. The fourth-order valence-corrected chi connectivity index (χ4v) is 2.58. The Morgan fingerprint density at radius 1 is 1.29 bits per heavy atom. The van der Waals surface area contributed by atoms with Crippen molar-refractivity contribution in [2.45, 2.75) is 51.6 Å². The molecule has 0 aromatic rings. The van der Waals surface area contributed by atoms with Crippen LogP contribution in [0, 0.1) is 17.8 Å². The monoisotopic (exact) mass is 196 g/mol. The van der Waals surface area contributed by atoms with Crippen molar-refractivity contribution in [3.8, 4) is 0 Å². The van der Waals surface area contributed by atoms with Crippen LogP contribution in [-0.4, -0.2) is 17.0 Å². The number of aliphatic hydroxyl groups is 1. The van der Waals surface area contributed by atoms with Gasteiger partial charge in [0.05, 0.1) is 0 Å². The largest absolute Gasteiger partial charge is 0.385 e. The van der Waals surface area contributed by atoms with Crippen LogP contribution in [0.25, 0.3) is 0 Å². The van der Waals surface area contributed by atoms with E-state index in [1.165, 1.54) is 6.42 Å². The van der Waals surface area contributed by atoms with Crippen LogP contribution in [0.2, 0.25) is 0 Å². The van der Waals surface area contributed by atoms with Gasteiger partial charge in [-0.05, 0) is 37.5 Å². The van der Waals surface area contributed by atoms with E-state index >= 15 is 0 Å². The number of hydrogen-bond acceptors (Lipinski definition) is 2. The molecule has 14 heavy (non-hydrogen) atoms. The third kappa shape index (κ3) is 2.17. The van der Waals surface area contributed by atoms with Gasteiger partial charge < -0.3 is 5.11 Å². The zero-order valence-electron chi connectivity index (χ0n) is 8.91. The molecule has 0 bridgehead atoms. The molecule has 80 valence electrons. The Balaban J connectivity index is 1.89. The summed E-state index contributed by atoms with van der Waals surface area (Å²) in [6.45, 7) is 2.21. The summed E-state index contributed by atoms with van der Waals surface area (Å²) in [4.78, 5) is 11.9. The minimum Gasteiger partial charge on any atom is -0.385 e. The lowest BCUT2D eigenvalue weighted by molar-refractivity contribution is -0.133. The van der Waals surface area contributed by atoms with Gasteiger partial charge in [-0.25, -0.2) is 0 Å². The molecule has 3 unspecified atom stereocenters. The second-order valence-corrected chi connectivity index (χ2v) is 5.15. The summed E-state index contributed by atoms with van der Waals surface area (Å²) in [6, 6.07) is 0. The predicted molar refractivity (Wildman–Crippen MR) is 54.9 cm³/mol. The van der Waals surface area contributed by atoms with Crippen LogP contribution in [0.4, 0.5) is 0 Å². The lowest BCUT2D eigenvalue weighted by atomic mass is 9.78. The average molecular weight is 196 g/mol. The van der Waals surface area contributed by atoms with E-state index in [1.54, 1.807) is 0 Å². The van der Waals surface area contributed by atoms with Gasteiger partial charge >= 0.3 is 0 Å². The minimum absolute atomic E-state index is 0.138. The molecule has 2 aliphatic rings. The molecule has 0 heterocycles. The third-order valence-corrected chi connectivity index (χ3v) is 3.70. The first kappa shape index (κ1) is 10.2. The maximum Gasteiger partial charge on any atom is 0.164 e. The highest BCUT2D eigenvalue weighted by Crippen LogP contribution is 2.37. The third-order valence-electron chi connectivity index (χ3n) is 3.70. The first-order chi connectivity index (χ1) is 6.68. The van der Waals surface area contributed by atoms with E-state index in [-0.39, 0.29) is 11.7 Å². The molecular weight excluding hydrogens is 176 g/mol. The fourth-order valence-electron chi connectivity index (χ4n) is 2.58. The molecular formula is C12H20O2. The number of ketones is 1. The number of rotatable bonds is 3. The number of carbonyl (C=O) groups excluding carboxylic acids is 1. The minimum atomic E-state index is -0.634. The van der Waals surface area contributed by atoms with Crippen molar-refractivity contribution in [2.75, 3.05) is 0 Å². The van der Waals surface area contributed by atoms with Crippen LogP contribution in [-0.2, 0) is 4.79 Å². The van der Waals surface area contributed by atoms with E-state index in [0.717, 1.165) is 32.1 Å². The molecule has 1 N–H and O–H groups in total. The van der Waals surface area contributed by atoms with Crippen molar-refractivity contribution in [3.05, 3.63) is 0 Å². The zero-order valence-corrected chi connectivity index (χ0v) is 8.91. The van der Waals surface area contributed by atoms with Gasteiger partial charge in [0.1, 0.15) is 6.10 Å². The van der Waals surface area contributed by atoms with Crippen LogP contribution in [0.15, 0.2) is 0 Å². The Labute approximate surface area is 85.7 Å². The maximum atomic E-state index is 11.9. The molecule has 3 atom stereocenters. The molecule has 0 amide bonds. The standard InChI is InChI=1S/C12H20O2/c1-8-3-2-4-10(7-8)12(14)11(13)9-5-6-9/h8-11,13H,2-7H2,1H3. The summed E-state index contributed by atoms with van der Waals surface area (Å²) in [5.74, 6) is 1.28. The molecule has 0 radical (unpaired) electrons. The fraction of sp³-hybridized carbons (Fsp3) is 0.917. The quantitative estimate of drug-likeness (QED) is 0.751. The van der Waals surface area contributed by atoms with E-state index in [0.29, 0.717) is 11.8 Å². The number of carbonyl (C=O) groups is 1. The van der Waals surface area contributed by atoms with E-state index in [1.807, 2.05) is 0 Å². The summed E-state index contributed by atoms with van der Waals surface area (Å²) in [7, 11) is 0. The van der Waals surface area contributed by atoms with Gasteiger partial charge in [-0.3, -0.25) is 4.79 Å². The van der Waals surface area contributed by atoms with Crippen molar-refractivity contribution >= 4 is 5.78 Å². The van der Waals surface area contributed by atoms with E-state index in [2.05, 4.69) is 6.92 Å². The van der Waals surface area contributed by atoms with Crippen LogP contribution in [0.5, 0.6) is 0 Å². The summed E-state index contributed by atoms with van der Waals surface area (Å²) >= 11 is 0. The molecule has 0 aromatic carbocycles. The van der Waals surface area contributed by atoms with Crippen LogP contribution in [0.3, 0.4) is 0 Å². The lowest BCUT2D eigenvalue weighted by Crippen LogP contribution is -2.32. The molecule has 0 spiro atoms. The van der Waals surface area contributed by atoms with Gasteiger partial charge in [-0.2, -0.15) is 0 Å². The Morgan fingerprint density at radius 2 is 2.00 bits per heavy atom. The van der Waals surface area contributed by atoms with Crippen molar-refractivity contribution in [2.24, 2.45) is 17.8 Å². The first-order valence-corrected chi connectivity index (χ1v) is 5.90. The van der Waals surface area contributed by atoms with Gasteiger partial charge in [0.2, 0.25) is 0 Å². The topological polar surface area (TPSA) is 37.3 Å². The number of Topliss-reactive ketones (excluding diaryl/α,β-unsaturated/α-hetero) is 1. The van der Waals surface area contributed by atoms with E-state index in [4.69, 9.17) is 0 Å². The molecule has 0 saturated heterocycles. The van der Waals surface area contributed by atoms with Crippen LogP contribution in [0.1, 0.15) is 45.4 Å². The predicted octanol–water partition coefficient (Wildman–Crippen LogP) is 2.15. The highest BCUT2D eigenvalue weighted by molar-refractivity contribution is 5.85. The van der Waals surface area contributed by atoms with Gasteiger partial charge in [-0.1, -0.05) is 19.8 Å². The number of hydrogen-bond donors (Lipinski definition) is 1. The van der Waals surface area contributed by atoms with Gasteiger partial charge in [-0.15, -0.1) is 0 Å². The Bertz CT molecular complexity index is 220. The summed E-state index contributed by atoms with van der Waals surface area (Å²) < 4.78 is 0. The van der Waals surface area contributed by atoms with Gasteiger partial charge in [0.25, 0.3) is 0 Å². The molecule has 2 heteroatoms. The Morgan fingerprint density at radius 3 is 2.57 bits per heavy atom. The zero-order chi connectivity index (χ0) is 10.1. The van der Waals surface area contributed by atoms with Crippen LogP contribution >= 0.6 is 0 Å². The van der Waals surface area contributed by atoms with E-state index in [9.17, 15) is 9.90 Å². The molecule has 2 saturated carbocycles. The lowest BCUT2D eigenvalue weighted by Gasteiger charge is -2.27. The number of aliphatic hydroxyl groups excluding tert-OH is 1. The summed E-state index contributed by atoms with van der Waals surface area (Å²) in [5, 5.41) is 9.75. The molecule has 0 aromatic heterocycles. The van der Waals surface area contributed by atoms with Crippen molar-refractivity contribution < 1.29 is 9.90 Å². The van der Waals surface area contributed by atoms with E-state index < -0.39 is 6.10 Å². The molecule has 2 aliphatic carbocycles. The highest BCUT2D eigenvalue weighted by Gasteiger charge is 2.38. The SMILES string of the molecule is CC1CCCC(C(=O)C(O)C2CC2)C1. The smallest absolute Gasteiger partial charge is 0.164 e. The molecule has 0 aliphatic heterocycles. The molecule has 2 rings (SSSR count). The molecule has 2 fully saturated rings. The van der Waals surface area contributed by atoms with Crippen molar-refractivity contribution in [3.63, 3.8) is 0 Å². The molecule has 2 nitrogen and oxygen atoms in total. The van der Waals surface area contributed by atoms with Gasteiger partial charge in [0, 0.05) is 5.92 Å².